The number of carbonyl (C=O) groups is 4. The highest BCUT2D eigenvalue weighted by atomic mass is 32.2. The first-order valence-electron chi connectivity index (χ1n) is 17.2. The number of amides is 3. The molecular weight excluding hydrogens is 685 g/mol. The number of hydrogen-bond donors (Lipinski definition) is 4. The van der Waals surface area contributed by atoms with Crippen LogP contribution in [0.5, 0.6) is 0 Å². The zero-order valence-corrected chi connectivity index (χ0v) is 29.8. The van der Waals surface area contributed by atoms with Crippen molar-refractivity contribution in [3.8, 4) is 0 Å². The smallest absolute Gasteiger partial charge is 0.338 e. The summed E-state index contributed by atoms with van der Waals surface area (Å²) in [4.78, 5) is 57.1. The molecule has 0 radical (unpaired) electrons. The first-order chi connectivity index (χ1) is 25.9. The second kappa shape index (κ2) is 17.7. The van der Waals surface area contributed by atoms with E-state index in [0.29, 0.717) is 29.1 Å². The monoisotopic (exact) mass is 722 g/mol. The fraction of sp³-hybridized carbons (Fsp3) is 0.116. The molecule has 9 nitrogen and oxygen atoms in total. The third-order valence-corrected chi connectivity index (χ3v) is 9.50. The molecule has 1 unspecified atom stereocenters. The lowest BCUT2D eigenvalue weighted by Crippen LogP contribution is -2.30. The molecule has 1 atom stereocenters. The maximum atomic E-state index is 13.8. The van der Waals surface area contributed by atoms with Crippen molar-refractivity contribution >= 4 is 63.8 Å². The third kappa shape index (κ3) is 9.69. The molecule has 0 aliphatic rings. The number of unbranched alkanes of at least 4 members (excludes halogenated alkanes) is 1. The minimum atomic E-state index is -0.650. The summed E-state index contributed by atoms with van der Waals surface area (Å²) in [5.41, 5.74) is 4.31. The summed E-state index contributed by atoms with van der Waals surface area (Å²) >= 11 is 1.33. The van der Waals surface area contributed by atoms with Crippen molar-refractivity contribution in [3.63, 3.8) is 0 Å². The molecule has 5 aromatic carbocycles. The van der Waals surface area contributed by atoms with Crippen molar-refractivity contribution < 1.29 is 23.9 Å². The van der Waals surface area contributed by atoms with Crippen molar-refractivity contribution in [1.82, 2.24) is 10.3 Å². The van der Waals surface area contributed by atoms with Crippen molar-refractivity contribution in [3.05, 3.63) is 168 Å². The van der Waals surface area contributed by atoms with Gasteiger partial charge in [0.1, 0.15) is 10.9 Å². The van der Waals surface area contributed by atoms with Crippen LogP contribution in [0.25, 0.3) is 17.0 Å². The van der Waals surface area contributed by atoms with Crippen LogP contribution in [-0.4, -0.2) is 35.3 Å². The number of carbonyl (C=O) groups excluding carboxylic acids is 4. The van der Waals surface area contributed by atoms with Gasteiger partial charge in [-0.3, -0.25) is 14.4 Å². The van der Waals surface area contributed by atoms with Gasteiger partial charge in [0.2, 0.25) is 5.91 Å². The van der Waals surface area contributed by atoms with Crippen LogP contribution in [-0.2, 0) is 14.3 Å². The SMILES string of the molecule is CCCCOC(=O)c1ccc(NC(=O)C(Sc2cccc(NC(=O)/C(=C/c3c[nH]c4ccccc34)NC(=O)c3ccccc3)c2)c2ccccc2)cc1. The van der Waals surface area contributed by atoms with Crippen LogP contribution in [0.15, 0.2) is 150 Å². The number of aromatic nitrogens is 1. The van der Waals surface area contributed by atoms with Gasteiger partial charge in [0, 0.05) is 44.5 Å². The maximum Gasteiger partial charge on any atom is 0.338 e. The lowest BCUT2D eigenvalue weighted by Gasteiger charge is -2.18. The maximum absolute atomic E-state index is 13.8. The summed E-state index contributed by atoms with van der Waals surface area (Å²) in [5, 5.41) is 8.95. The minimum absolute atomic E-state index is 0.0587. The van der Waals surface area contributed by atoms with Gasteiger partial charge in [-0.15, -0.1) is 11.8 Å². The van der Waals surface area contributed by atoms with Crippen LogP contribution in [0, 0.1) is 0 Å². The van der Waals surface area contributed by atoms with Gasteiger partial charge in [0.15, 0.2) is 0 Å². The van der Waals surface area contributed by atoms with Crippen molar-refractivity contribution in [2.24, 2.45) is 0 Å². The van der Waals surface area contributed by atoms with E-state index in [4.69, 9.17) is 4.74 Å². The summed E-state index contributed by atoms with van der Waals surface area (Å²) in [5.74, 6) is -1.60. The number of nitrogens with one attached hydrogen (secondary N) is 4. The van der Waals surface area contributed by atoms with E-state index >= 15 is 0 Å². The molecule has 0 saturated carbocycles. The van der Waals surface area contributed by atoms with E-state index in [2.05, 4.69) is 20.9 Å². The molecule has 6 rings (SSSR count). The molecule has 0 bridgehead atoms. The predicted molar refractivity (Wildman–Crippen MR) is 211 cm³/mol. The molecule has 1 aromatic heterocycles. The molecule has 0 aliphatic carbocycles. The zero-order chi connectivity index (χ0) is 37.0. The van der Waals surface area contributed by atoms with Gasteiger partial charge in [-0.2, -0.15) is 0 Å². The van der Waals surface area contributed by atoms with Gasteiger partial charge in [-0.1, -0.05) is 86.1 Å². The van der Waals surface area contributed by atoms with Crippen LogP contribution in [0.3, 0.4) is 0 Å². The number of benzene rings is 5. The van der Waals surface area contributed by atoms with Crippen LogP contribution in [0.1, 0.15) is 56.9 Å². The predicted octanol–water partition coefficient (Wildman–Crippen LogP) is 9.01. The number of anilines is 2. The number of esters is 1. The number of H-pyrrole nitrogens is 1. The Bertz CT molecular complexity index is 2230. The largest absolute Gasteiger partial charge is 0.462 e. The third-order valence-electron chi connectivity index (χ3n) is 8.26. The normalized spacial score (nSPS) is 11.8. The lowest BCUT2D eigenvalue weighted by atomic mass is 10.1. The average molecular weight is 723 g/mol. The Labute approximate surface area is 311 Å². The highest BCUT2D eigenvalue weighted by Gasteiger charge is 2.23. The summed E-state index contributed by atoms with van der Waals surface area (Å²) in [6.45, 7) is 2.39. The van der Waals surface area contributed by atoms with Gasteiger partial charge in [-0.25, -0.2) is 4.79 Å². The lowest BCUT2D eigenvalue weighted by molar-refractivity contribution is -0.116. The number of aromatic amines is 1. The van der Waals surface area contributed by atoms with E-state index in [0.717, 1.165) is 39.8 Å². The Hall–Kier alpha value is -6.39. The first kappa shape index (κ1) is 36.4. The summed E-state index contributed by atoms with van der Waals surface area (Å²) in [7, 11) is 0. The second-order valence-corrected chi connectivity index (χ2v) is 13.3. The number of rotatable bonds is 14. The molecule has 1 heterocycles. The minimum Gasteiger partial charge on any atom is -0.462 e. The van der Waals surface area contributed by atoms with E-state index in [1.807, 2.05) is 73.7 Å². The molecule has 53 heavy (non-hydrogen) atoms. The standard InChI is InChI=1S/C43H38N4O5S/c1-2-3-25-52-43(51)31-21-23-33(24-22-31)45-42(50)39(29-13-6-4-7-14-29)53-35-18-12-17-34(27-35)46-41(49)38(47-40(48)30-15-8-5-9-16-30)26-32-28-44-37-20-11-10-19-36(32)37/h4-24,26-28,39,44H,2-3,25H2,1H3,(H,45,50)(H,46,49)(H,47,48)/b38-26-. The van der Waals surface area contributed by atoms with Crippen LogP contribution in [0.2, 0.25) is 0 Å². The Kier molecular flexibility index (Phi) is 12.2. The molecule has 10 heteroatoms. The van der Waals surface area contributed by atoms with Crippen molar-refractivity contribution in [2.45, 2.75) is 29.9 Å². The van der Waals surface area contributed by atoms with Gasteiger partial charge in [0.25, 0.3) is 11.8 Å². The second-order valence-electron chi connectivity index (χ2n) is 12.1. The van der Waals surface area contributed by atoms with Gasteiger partial charge in [-0.05, 0) is 78.7 Å². The molecule has 0 fully saturated rings. The molecule has 266 valence electrons. The molecule has 0 saturated heterocycles. The quantitative estimate of drug-likeness (QED) is 0.0385. The van der Waals surface area contributed by atoms with E-state index in [1.165, 1.54) is 11.8 Å². The van der Waals surface area contributed by atoms with Crippen molar-refractivity contribution in [1.29, 1.82) is 0 Å². The van der Waals surface area contributed by atoms with E-state index in [1.54, 1.807) is 79.0 Å². The highest BCUT2D eigenvalue weighted by molar-refractivity contribution is 8.00. The summed E-state index contributed by atoms with van der Waals surface area (Å²) in [6.07, 6.45) is 5.16. The molecule has 0 spiro atoms. The number of ether oxygens (including phenoxy) is 1. The summed E-state index contributed by atoms with van der Waals surface area (Å²) < 4.78 is 5.29. The number of para-hydroxylation sites is 1. The van der Waals surface area contributed by atoms with E-state index < -0.39 is 23.0 Å². The average Bonchev–Trinajstić information content (AvgIpc) is 3.60. The first-order valence-corrected chi connectivity index (χ1v) is 18.1. The van der Waals surface area contributed by atoms with Crippen LogP contribution in [0.4, 0.5) is 11.4 Å². The Morgan fingerprint density at radius 3 is 2.23 bits per heavy atom. The molecule has 6 aromatic rings. The van der Waals surface area contributed by atoms with Gasteiger partial charge >= 0.3 is 5.97 Å². The van der Waals surface area contributed by atoms with E-state index in [9.17, 15) is 19.2 Å². The Morgan fingerprint density at radius 2 is 1.47 bits per heavy atom. The van der Waals surface area contributed by atoms with E-state index in [-0.39, 0.29) is 11.6 Å². The van der Waals surface area contributed by atoms with Crippen molar-refractivity contribution in [2.75, 3.05) is 17.2 Å². The zero-order valence-electron chi connectivity index (χ0n) is 29.0. The van der Waals surface area contributed by atoms with Crippen LogP contribution < -0.4 is 16.0 Å². The molecular formula is C43H38N4O5S. The molecule has 3 amide bonds. The van der Waals surface area contributed by atoms with Crippen LogP contribution >= 0.6 is 11.8 Å². The van der Waals surface area contributed by atoms with Gasteiger partial charge < -0.3 is 25.7 Å². The topological polar surface area (TPSA) is 129 Å². The number of hydrogen-bond acceptors (Lipinski definition) is 6. The molecule has 4 N–H and O–H groups in total. The fourth-order valence-electron chi connectivity index (χ4n) is 5.48. The Morgan fingerprint density at radius 1 is 0.755 bits per heavy atom. The number of fused-ring (bicyclic) bond motifs is 1. The summed E-state index contributed by atoms with van der Waals surface area (Å²) in [6, 6.07) is 39.6. The highest BCUT2D eigenvalue weighted by Crippen LogP contribution is 2.37. The Balaban J connectivity index is 1.20. The number of thioether (sulfide) groups is 1. The molecule has 0 aliphatic heterocycles. The van der Waals surface area contributed by atoms with Gasteiger partial charge in [0.05, 0.1) is 12.2 Å². The fourth-order valence-corrected chi connectivity index (χ4v) is 6.57.